The van der Waals surface area contributed by atoms with Crippen molar-refractivity contribution in [3.05, 3.63) is 66.2 Å². The Morgan fingerprint density at radius 3 is 2.44 bits per heavy atom. The molecule has 0 bridgehead atoms. The first-order valence-electron chi connectivity index (χ1n) is 10.4. The molecule has 0 N–H and O–H groups in total. The topological polar surface area (TPSA) is 72.9 Å². The van der Waals surface area contributed by atoms with E-state index in [0.29, 0.717) is 25.3 Å². The zero-order chi connectivity index (χ0) is 23.3. The normalized spacial score (nSPS) is 12.4. The Balaban J connectivity index is 1.54. The summed E-state index contributed by atoms with van der Waals surface area (Å²) in [6, 6.07) is 18.4. The molecule has 0 saturated carbocycles. The third-order valence-corrected chi connectivity index (χ3v) is 6.57. The lowest BCUT2D eigenvalue weighted by Crippen LogP contribution is -2.32. The van der Waals surface area contributed by atoms with Gasteiger partial charge in [-0.3, -0.25) is 4.79 Å². The van der Waals surface area contributed by atoms with E-state index in [2.05, 4.69) is 0 Å². The van der Waals surface area contributed by atoms with Crippen LogP contribution in [0.3, 0.4) is 0 Å². The Morgan fingerprint density at radius 1 is 1.00 bits per heavy atom. The van der Waals surface area contributed by atoms with E-state index in [4.69, 9.17) is 9.47 Å². The maximum absolute atomic E-state index is 12.9. The van der Waals surface area contributed by atoms with Gasteiger partial charge in [-0.1, -0.05) is 30.3 Å². The Morgan fingerprint density at radius 2 is 1.72 bits per heavy atom. The molecule has 32 heavy (non-hydrogen) atoms. The van der Waals surface area contributed by atoms with Gasteiger partial charge < -0.3 is 14.4 Å². The van der Waals surface area contributed by atoms with Crippen molar-refractivity contribution in [2.75, 3.05) is 33.6 Å². The minimum atomic E-state index is -3.27. The van der Waals surface area contributed by atoms with Gasteiger partial charge in [0, 0.05) is 19.8 Å². The highest BCUT2D eigenvalue weighted by Gasteiger charge is 2.19. The minimum Gasteiger partial charge on any atom is -0.497 e. The number of hydrogen-bond donors (Lipinski definition) is 0. The van der Waals surface area contributed by atoms with Crippen LogP contribution in [-0.4, -0.2) is 52.8 Å². The average Bonchev–Trinajstić information content (AvgIpc) is 2.79. The number of nitrogens with zero attached hydrogens (tertiary/aromatic N) is 1. The van der Waals surface area contributed by atoms with Crippen molar-refractivity contribution < 1.29 is 22.7 Å². The molecule has 0 aliphatic rings. The zero-order valence-corrected chi connectivity index (χ0v) is 19.7. The van der Waals surface area contributed by atoms with Crippen molar-refractivity contribution in [3.63, 3.8) is 0 Å². The Labute approximate surface area is 189 Å². The van der Waals surface area contributed by atoms with E-state index in [-0.39, 0.29) is 16.7 Å². The lowest BCUT2D eigenvalue weighted by molar-refractivity contribution is -0.131. The first-order chi connectivity index (χ1) is 15.2. The van der Waals surface area contributed by atoms with Gasteiger partial charge in [-0.2, -0.15) is 0 Å². The highest BCUT2D eigenvalue weighted by Crippen LogP contribution is 2.26. The van der Waals surface area contributed by atoms with Crippen LogP contribution in [-0.2, 0) is 14.6 Å². The summed E-state index contributed by atoms with van der Waals surface area (Å²) in [5, 5.41) is 2.13. The van der Waals surface area contributed by atoms with Gasteiger partial charge in [0.25, 0.3) is 0 Å². The lowest BCUT2D eigenvalue weighted by atomic mass is 9.96. The predicted octanol–water partition coefficient (Wildman–Crippen LogP) is 4.28. The van der Waals surface area contributed by atoms with Crippen LogP contribution in [0.4, 0.5) is 0 Å². The van der Waals surface area contributed by atoms with Crippen molar-refractivity contribution in [2.24, 2.45) is 0 Å². The molecule has 170 valence electrons. The molecule has 7 heteroatoms. The molecule has 6 nitrogen and oxygen atoms in total. The second-order valence-electron chi connectivity index (χ2n) is 7.90. The summed E-state index contributed by atoms with van der Waals surface area (Å²) in [6.45, 7) is 2.84. The number of carbonyl (C=O) groups excluding carboxylic acids is 1. The molecule has 0 saturated heterocycles. The molecule has 0 fully saturated rings. The van der Waals surface area contributed by atoms with Crippen LogP contribution >= 0.6 is 0 Å². The second kappa shape index (κ2) is 10.0. The molecular formula is C25H29NO5S. The quantitative estimate of drug-likeness (QED) is 0.450. The van der Waals surface area contributed by atoms with Crippen molar-refractivity contribution in [1.82, 2.24) is 4.90 Å². The minimum absolute atomic E-state index is 0.0388. The maximum Gasteiger partial charge on any atom is 0.229 e. The van der Waals surface area contributed by atoms with Crippen LogP contribution in [0.1, 0.15) is 24.8 Å². The first-order valence-corrected chi connectivity index (χ1v) is 12.3. The second-order valence-corrected chi connectivity index (χ2v) is 9.92. The Kier molecular flexibility index (Phi) is 7.40. The summed E-state index contributed by atoms with van der Waals surface area (Å²) in [5.41, 5.74) is 0.966. The molecule has 0 unspecified atom stereocenters. The molecule has 3 rings (SSSR count). The molecular weight excluding hydrogens is 426 g/mol. The van der Waals surface area contributed by atoms with Gasteiger partial charge in [0.2, 0.25) is 5.91 Å². The number of carbonyl (C=O) groups is 1. The van der Waals surface area contributed by atoms with E-state index in [1.165, 1.54) is 12.3 Å². The number of sulfone groups is 1. The van der Waals surface area contributed by atoms with Gasteiger partial charge in [0.1, 0.15) is 11.5 Å². The van der Waals surface area contributed by atoms with E-state index in [1.54, 1.807) is 37.3 Å². The van der Waals surface area contributed by atoms with E-state index >= 15 is 0 Å². The molecule has 0 heterocycles. The van der Waals surface area contributed by atoms with Gasteiger partial charge in [-0.15, -0.1) is 0 Å². The van der Waals surface area contributed by atoms with Crippen LogP contribution in [0, 0.1) is 0 Å². The summed E-state index contributed by atoms with van der Waals surface area (Å²) in [4.78, 5) is 14.8. The van der Waals surface area contributed by atoms with E-state index < -0.39 is 9.84 Å². The van der Waals surface area contributed by atoms with Crippen LogP contribution < -0.4 is 9.47 Å². The fourth-order valence-electron chi connectivity index (χ4n) is 3.51. The number of methoxy groups -OCH3 is 1. The number of benzene rings is 3. The fourth-order valence-corrected chi connectivity index (χ4v) is 4.16. The summed E-state index contributed by atoms with van der Waals surface area (Å²) in [7, 11) is 0.156. The van der Waals surface area contributed by atoms with Gasteiger partial charge in [-0.05, 0) is 60.0 Å². The number of amides is 1. The van der Waals surface area contributed by atoms with Crippen molar-refractivity contribution in [3.8, 4) is 11.5 Å². The smallest absolute Gasteiger partial charge is 0.229 e. The van der Waals surface area contributed by atoms with E-state index in [9.17, 15) is 13.2 Å². The molecule has 3 aromatic rings. The molecule has 0 aromatic heterocycles. The molecule has 0 aliphatic heterocycles. The standard InChI is InChI=1S/C25H29NO5S/c1-18(19-9-10-21-16-22(30-3)12-11-20(21)15-19)25(27)26(2)13-6-14-31-23-7-5-8-24(17-23)32(4,28)29/h5,7-12,15-18H,6,13-14H2,1-4H3/t18-/m0/s1. The number of ether oxygens (including phenoxy) is 2. The number of hydrogen-bond acceptors (Lipinski definition) is 5. The van der Waals surface area contributed by atoms with E-state index in [1.807, 2.05) is 43.3 Å². The number of fused-ring (bicyclic) bond motifs is 1. The summed E-state index contributed by atoms with van der Waals surface area (Å²) in [6.07, 6.45) is 1.80. The zero-order valence-electron chi connectivity index (χ0n) is 18.9. The third-order valence-electron chi connectivity index (χ3n) is 5.46. The van der Waals surface area contributed by atoms with Crippen molar-refractivity contribution in [2.45, 2.75) is 24.2 Å². The molecule has 0 spiro atoms. The molecule has 1 atom stereocenters. The lowest BCUT2D eigenvalue weighted by Gasteiger charge is -2.22. The van der Waals surface area contributed by atoms with E-state index in [0.717, 1.165) is 22.1 Å². The van der Waals surface area contributed by atoms with Crippen LogP contribution in [0.15, 0.2) is 65.6 Å². The third kappa shape index (κ3) is 5.79. The van der Waals surface area contributed by atoms with Gasteiger partial charge in [0.05, 0.1) is 24.5 Å². The van der Waals surface area contributed by atoms with Crippen LogP contribution in [0.25, 0.3) is 10.8 Å². The fraction of sp³-hybridized carbons (Fsp3) is 0.320. The van der Waals surface area contributed by atoms with Crippen molar-refractivity contribution in [1.29, 1.82) is 0 Å². The van der Waals surface area contributed by atoms with Crippen LogP contribution in [0.2, 0.25) is 0 Å². The SMILES string of the molecule is COc1ccc2cc([C@H](C)C(=O)N(C)CCCOc3cccc(S(C)(=O)=O)c3)ccc2c1. The highest BCUT2D eigenvalue weighted by molar-refractivity contribution is 7.90. The molecule has 0 radical (unpaired) electrons. The van der Waals surface area contributed by atoms with Gasteiger partial charge >= 0.3 is 0 Å². The van der Waals surface area contributed by atoms with Crippen molar-refractivity contribution >= 4 is 26.5 Å². The largest absolute Gasteiger partial charge is 0.497 e. The Hall–Kier alpha value is -3.06. The monoisotopic (exact) mass is 455 g/mol. The molecule has 1 amide bonds. The summed E-state index contributed by atoms with van der Waals surface area (Å²) >= 11 is 0. The van der Waals surface area contributed by atoms with Gasteiger partial charge in [0.15, 0.2) is 9.84 Å². The Bertz CT molecular complexity index is 1210. The average molecular weight is 456 g/mol. The van der Waals surface area contributed by atoms with Gasteiger partial charge in [-0.25, -0.2) is 8.42 Å². The van der Waals surface area contributed by atoms with Crippen LogP contribution in [0.5, 0.6) is 11.5 Å². The number of likely N-dealkylation sites (N-methyl/N-ethyl adjacent to an activating group) is 1. The predicted molar refractivity (Wildman–Crippen MR) is 126 cm³/mol. The molecule has 0 aliphatic carbocycles. The first kappa shape index (κ1) is 23.6. The summed E-state index contributed by atoms with van der Waals surface area (Å²) in [5.74, 6) is 1.08. The highest BCUT2D eigenvalue weighted by atomic mass is 32.2. The number of rotatable bonds is 9. The molecule has 3 aromatic carbocycles. The summed E-state index contributed by atoms with van der Waals surface area (Å²) < 4.78 is 34.3. The maximum atomic E-state index is 12.9.